The van der Waals surface area contributed by atoms with Crippen molar-refractivity contribution >= 4 is 11.9 Å². The quantitative estimate of drug-likeness (QED) is 0.789. The second-order valence-electron chi connectivity index (χ2n) is 10.5. The first-order valence-corrected chi connectivity index (χ1v) is 10.8. The van der Waals surface area contributed by atoms with Crippen LogP contribution in [0, 0.1) is 28.6 Å². The number of rotatable bonds is 3. The van der Waals surface area contributed by atoms with E-state index in [1.165, 1.54) is 0 Å². The Balaban J connectivity index is 1.39. The number of likely N-dealkylation sites (tertiary alicyclic amines) is 1. The lowest BCUT2D eigenvalue weighted by atomic mass is 9.47. The lowest BCUT2D eigenvalue weighted by Crippen LogP contribution is -2.70. The highest BCUT2D eigenvalue weighted by atomic mass is 16.7. The summed E-state index contributed by atoms with van der Waals surface area (Å²) >= 11 is 0. The van der Waals surface area contributed by atoms with E-state index in [1.54, 1.807) is 0 Å². The number of fused-ring (bicyclic) bond motifs is 1. The normalized spacial score (nSPS) is 40.8. The molecule has 154 valence electrons. The molecule has 2 aliphatic heterocycles. The van der Waals surface area contributed by atoms with E-state index in [2.05, 4.69) is 4.90 Å². The van der Waals surface area contributed by atoms with Gasteiger partial charge in [0.25, 0.3) is 0 Å². The summed E-state index contributed by atoms with van der Waals surface area (Å²) < 4.78 is 11.4. The van der Waals surface area contributed by atoms with Gasteiger partial charge in [-0.1, -0.05) is 12.1 Å². The van der Waals surface area contributed by atoms with Gasteiger partial charge in [0.05, 0.1) is 16.9 Å². The first-order valence-electron chi connectivity index (χ1n) is 10.8. The molecule has 1 saturated heterocycles. The van der Waals surface area contributed by atoms with Gasteiger partial charge in [0.1, 0.15) is 0 Å². The lowest BCUT2D eigenvalue weighted by molar-refractivity contribution is -0.202. The zero-order chi connectivity index (χ0) is 20.1. The Hall–Kier alpha value is -2.24. The second kappa shape index (κ2) is 5.46. The molecule has 4 saturated carbocycles. The zero-order valence-electron chi connectivity index (χ0n) is 16.9. The van der Waals surface area contributed by atoms with Crippen molar-refractivity contribution in [2.75, 3.05) is 6.79 Å². The molecule has 6 heteroatoms. The molecule has 2 heterocycles. The average molecular weight is 397 g/mol. The van der Waals surface area contributed by atoms with Gasteiger partial charge in [-0.25, -0.2) is 0 Å². The Bertz CT molecular complexity index is 908. The number of para-hydroxylation sites is 1. The summed E-state index contributed by atoms with van der Waals surface area (Å²) in [6.07, 6.45) is 4.36. The molecule has 4 aliphatic carbocycles. The maximum Gasteiger partial charge on any atom is 0.309 e. The molecule has 0 spiro atoms. The van der Waals surface area contributed by atoms with Crippen molar-refractivity contribution in [3.63, 3.8) is 0 Å². The fraction of sp³-hybridized carbons (Fsp3) is 0.652. The number of ether oxygens (including phenoxy) is 2. The summed E-state index contributed by atoms with van der Waals surface area (Å²) in [6.45, 7) is 4.24. The Morgan fingerprint density at radius 3 is 2.55 bits per heavy atom. The fourth-order valence-corrected chi connectivity index (χ4v) is 7.58. The second-order valence-corrected chi connectivity index (χ2v) is 10.5. The molecule has 6 aliphatic rings. The van der Waals surface area contributed by atoms with Crippen molar-refractivity contribution in [1.29, 1.82) is 0 Å². The number of amides is 1. The first kappa shape index (κ1) is 17.6. The highest BCUT2D eigenvalue weighted by Crippen LogP contribution is 2.65. The third kappa shape index (κ3) is 2.12. The van der Waals surface area contributed by atoms with Crippen LogP contribution in [0.3, 0.4) is 0 Å². The molecule has 6 nitrogen and oxygen atoms in total. The van der Waals surface area contributed by atoms with Crippen molar-refractivity contribution in [2.24, 2.45) is 28.6 Å². The Morgan fingerprint density at radius 2 is 1.86 bits per heavy atom. The van der Waals surface area contributed by atoms with E-state index in [0.29, 0.717) is 18.8 Å². The van der Waals surface area contributed by atoms with Gasteiger partial charge in [0.2, 0.25) is 12.7 Å². The predicted molar refractivity (Wildman–Crippen MR) is 103 cm³/mol. The minimum atomic E-state index is -0.631. The number of carboxylic acid groups (broad SMARTS) is 1. The smallest absolute Gasteiger partial charge is 0.309 e. The summed E-state index contributed by atoms with van der Waals surface area (Å²) in [5.41, 5.74) is -0.0387. The predicted octanol–water partition coefficient (Wildman–Crippen LogP) is 3.60. The number of aliphatic carboxylic acids is 1. The number of carboxylic acids is 1. The first-order chi connectivity index (χ1) is 13.8. The third-order valence-electron chi connectivity index (χ3n) is 8.47. The van der Waals surface area contributed by atoms with Crippen molar-refractivity contribution in [1.82, 2.24) is 4.90 Å². The molecule has 1 amide bonds. The van der Waals surface area contributed by atoms with Crippen molar-refractivity contribution in [2.45, 2.75) is 58.0 Å². The van der Waals surface area contributed by atoms with Gasteiger partial charge in [0, 0.05) is 11.6 Å². The topological polar surface area (TPSA) is 76.1 Å². The van der Waals surface area contributed by atoms with E-state index in [1.807, 2.05) is 32.0 Å². The Kier molecular flexibility index (Phi) is 3.32. The Morgan fingerprint density at radius 1 is 1.14 bits per heavy atom. The van der Waals surface area contributed by atoms with Crippen molar-refractivity contribution in [3.8, 4) is 11.5 Å². The van der Waals surface area contributed by atoms with Crippen LogP contribution >= 0.6 is 0 Å². The molecular weight excluding hydrogens is 370 g/mol. The molecule has 1 N–H and O–H groups in total. The molecule has 5 fully saturated rings. The number of β-lactam (4-membered cyclic amide) rings is 1. The molecule has 6 atom stereocenters. The van der Waals surface area contributed by atoms with Gasteiger partial charge < -0.3 is 19.5 Å². The molecule has 1 aromatic rings. The van der Waals surface area contributed by atoms with Crippen LogP contribution in [0.2, 0.25) is 0 Å². The van der Waals surface area contributed by atoms with Crippen LogP contribution in [0.15, 0.2) is 18.2 Å². The summed E-state index contributed by atoms with van der Waals surface area (Å²) in [5.74, 6) is 2.12. The van der Waals surface area contributed by atoms with E-state index in [4.69, 9.17) is 9.47 Å². The van der Waals surface area contributed by atoms with Gasteiger partial charge in [-0.2, -0.15) is 0 Å². The van der Waals surface area contributed by atoms with Gasteiger partial charge in [-0.05, 0) is 69.8 Å². The molecule has 29 heavy (non-hydrogen) atoms. The van der Waals surface area contributed by atoms with Gasteiger partial charge in [-0.3, -0.25) is 9.59 Å². The number of benzene rings is 1. The number of carbonyl (C=O) groups excluding carboxylic acids is 1. The summed E-state index contributed by atoms with van der Waals surface area (Å²) in [7, 11) is 0. The monoisotopic (exact) mass is 397 g/mol. The van der Waals surface area contributed by atoms with Crippen LogP contribution in [-0.4, -0.2) is 34.7 Å². The highest BCUT2D eigenvalue weighted by Gasteiger charge is 2.66. The van der Waals surface area contributed by atoms with E-state index >= 15 is 0 Å². The van der Waals surface area contributed by atoms with Crippen LogP contribution in [0.25, 0.3) is 0 Å². The third-order valence-corrected chi connectivity index (χ3v) is 8.47. The lowest BCUT2D eigenvalue weighted by Gasteiger charge is -2.66. The van der Waals surface area contributed by atoms with E-state index in [0.717, 1.165) is 36.3 Å². The Labute approximate surface area is 170 Å². The summed E-state index contributed by atoms with van der Waals surface area (Å²) in [5, 5.41) is 9.93. The van der Waals surface area contributed by atoms with Crippen molar-refractivity contribution < 1.29 is 24.2 Å². The highest BCUT2D eigenvalue weighted by molar-refractivity contribution is 5.91. The number of hydrogen-bond acceptors (Lipinski definition) is 4. The molecule has 1 aromatic carbocycles. The summed E-state index contributed by atoms with van der Waals surface area (Å²) in [6, 6.07) is 6.01. The van der Waals surface area contributed by atoms with Gasteiger partial charge >= 0.3 is 5.97 Å². The zero-order valence-corrected chi connectivity index (χ0v) is 16.9. The molecular formula is C23H27NO5. The van der Waals surface area contributed by atoms with Crippen molar-refractivity contribution in [3.05, 3.63) is 23.8 Å². The van der Waals surface area contributed by atoms with E-state index < -0.39 is 16.8 Å². The van der Waals surface area contributed by atoms with Gasteiger partial charge in [0.15, 0.2) is 11.5 Å². The molecule has 0 radical (unpaired) electrons. The maximum absolute atomic E-state index is 13.3. The van der Waals surface area contributed by atoms with E-state index in [-0.39, 0.29) is 36.6 Å². The van der Waals surface area contributed by atoms with Crippen LogP contribution in [-0.2, 0) is 9.59 Å². The molecule has 7 rings (SSSR count). The maximum atomic E-state index is 13.3. The fourth-order valence-electron chi connectivity index (χ4n) is 7.58. The minimum absolute atomic E-state index is 0.0602. The van der Waals surface area contributed by atoms with Gasteiger partial charge in [-0.15, -0.1) is 0 Å². The molecule has 4 bridgehead atoms. The number of hydrogen-bond donors (Lipinski definition) is 1. The van der Waals surface area contributed by atoms with Crippen LogP contribution in [0.1, 0.15) is 57.6 Å². The van der Waals surface area contributed by atoms with Crippen LogP contribution in [0.5, 0.6) is 11.5 Å². The number of nitrogens with zero attached hydrogens (tertiary/aromatic N) is 1. The average Bonchev–Trinajstić information content (AvgIpc) is 3.15. The summed E-state index contributed by atoms with van der Waals surface area (Å²) in [4.78, 5) is 27.5. The largest absolute Gasteiger partial charge is 0.481 e. The SMILES string of the molecule is CC1(C)C(=O)N([C@@H]2C3CC4C[C@H]2C[C@@](C(=O)O)(C4)C3)C1c1cccc2c1OCO2. The minimum Gasteiger partial charge on any atom is -0.481 e. The van der Waals surface area contributed by atoms with E-state index in [9.17, 15) is 14.7 Å². The standard InChI is InChI=1S/C23H27NO5/c1-22(2)19(15-4-3-5-16-18(15)29-11-28-16)24(20(22)25)17-13-6-12-7-14(17)10-23(8-12,9-13)21(26)27/h3-5,12-14,17,19H,6-11H2,1-2H3,(H,26,27)/t12?,13-,14?,17-,19?,23-/m0/s1. The molecule has 0 aromatic heterocycles. The number of carbonyl (C=O) groups is 2. The van der Waals surface area contributed by atoms with Crippen LogP contribution in [0.4, 0.5) is 0 Å². The van der Waals surface area contributed by atoms with Crippen LogP contribution < -0.4 is 9.47 Å². The molecule has 3 unspecified atom stereocenters.